The van der Waals surface area contributed by atoms with Crippen LogP contribution in [0.1, 0.15) is 0 Å². The minimum atomic E-state index is 0.556. The molecule has 104 valence electrons. The molecule has 0 N–H and O–H groups in total. The van der Waals surface area contributed by atoms with Gasteiger partial charge in [-0.1, -0.05) is 29.3 Å². The molecule has 0 aliphatic carbocycles. The van der Waals surface area contributed by atoms with Gasteiger partial charge in [-0.15, -0.1) is 0 Å². The molecule has 0 radical (unpaired) electrons. The molecular weight excluding hydrogens is 285 g/mol. The van der Waals surface area contributed by atoms with Crippen LogP contribution in [0.15, 0.2) is 23.2 Å². The van der Waals surface area contributed by atoms with E-state index in [1.54, 1.807) is 12.1 Å². The molecule has 1 aliphatic heterocycles. The molecule has 6 heteroatoms. The summed E-state index contributed by atoms with van der Waals surface area (Å²) in [4.78, 5) is 8.76. The average molecular weight is 302 g/mol. The molecule has 19 heavy (non-hydrogen) atoms. The fourth-order valence-electron chi connectivity index (χ4n) is 1.91. The van der Waals surface area contributed by atoms with E-state index in [9.17, 15) is 0 Å². The van der Waals surface area contributed by atoms with Crippen LogP contribution in [0.4, 0.5) is 5.69 Å². The minimum Gasteiger partial charge on any atom is -0.378 e. The number of benzene rings is 1. The molecule has 1 aromatic carbocycles. The standard InChI is InChI=1S/C13H17Cl2N3O/c1-17(2)13(18-6-8-19-9-7-18)16-12-10(14)4-3-5-11(12)15/h3-5H,6-9H2,1-2H3. The van der Waals surface area contributed by atoms with Gasteiger partial charge in [-0.3, -0.25) is 0 Å². The van der Waals surface area contributed by atoms with Gasteiger partial charge in [-0.2, -0.15) is 0 Å². The summed E-state index contributed by atoms with van der Waals surface area (Å²) in [5.74, 6) is 0.846. The predicted octanol–water partition coefficient (Wildman–Crippen LogP) is 2.87. The van der Waals surface area contributed by atoms with Crippen LogP contribution < -0.4 is 0 Å². The highest BCUT2D eigenvalue weighted by Gasteiger charge is 2.18. The Labute approximate surface area is 123 Å². The Hall–Kier alpha value is -0.970. The molecule has 0 bridgehead atoms. The van der Waals surface area contributed by atoms with E-state index in [0.29, 0.717) is 28.9 Å². The van der Waals surface area contributed by atoms with Crippen molar-refractivity contribution in [3.63, 3.8) is 0 Å². The number of hydrogen-bond donors (Lipinski definition) is 0. The van der Waals surface area contributed by atoms with Gasteiger partial charge in [0.1, 0.15) is 5.69 Å². The minimum absolute atomic E-state index is 0.556. The van der Waals surface area contributed by atoms with Crippen LogP contribution >= 0.6 is 23.2 Å². The summed E-state index contributed by atoms with van der Waals surface area (Å²) in [5, 5.41) is 1.11. The van der Waals surface area contributed by atoms with Crippen LogP contribution in [0.25, 0.3) is 0 Å². The van der Waals surface area contributed by atoms with Gasteiger partial charge in [-0.25, -0.2) is 4.99 Å². The third-order valence-corrected chi connectivity index (χ3v) is 3.45. The molecule has 1 aromatic rings. The van der Waals surface area contributed by atoms with Crippen molar-refractivity contribution in [2.45, 2.75) is 0 Å². The number of nitrogens with zero attached hydrogens (tertiary/aromatic N) is 3. The Balaban J connectivity index is 2.35. The van der Waals surface area contributed by atoms with Crippen LogP contribution in [-0.4, -0.2) is 56.2 Å². The lowest BCUT2D eigenvalue weighted by Crippen LogP contribution is -2.46. The molecule has 0 atom stereocenters. The normalized spacial score (nSPS) is 16.6. The number of morpholine rings is 1. The topological polar surface area (TPSA) is 28.1 Å². The molecule has 2 rings (SSSR count). The van der Waals surface area contributed by atoms with Gasteiger partial charge in [0.2, 0.25) is 5.96 Å². The van der Waals surface area contributed by atoms with Gasteiger partial charge in [0.25, 0.3) is 0 Å². The van der Waals surface area contributed by atoms with Gasteiger partial charge >= 0.3 is 0 Å². The lowest BCUT2D eigenvalue weighted by Gasteiger charge is -2.33. The van der Waals surface area contributed by atoms with Crippen molar-refractivity contribution >= 4 is 34.8 Å². The third kappa shape index (κ3) is 3.53. The number of rotatable bonds is 1. The zero-order chi connectivity index (χ0) is 13.8. The summed E-state index contributed by atoms with van der Waals surface area (Å²) in [7, 11) is 3.91. The smallest absolute Gasteiger partial charge is 0.201 e. The molecule has 1 heterocycles. The maximum absolute atomic E-state index is 6.16. The van der Waals surface area contributed by atoms with Gasteiger partial charge in [0.05, 0.1) is 23.3 Å². The molecule has 4 nitrogen and oxygen atoms in total. The summed E-state index contributed by atoms with van der Waals surface area (Å²) < 4.78 is 5.36. The van der Waals surface area contributed by atoms with Gasteiger partial charge < -0.3 is 14.5 Å². The lowest BCUT2D eigenvalue weighted by molar-refractivity contribution is 0.0638. The second-order valence-electron chi connectivity index (χ2n) is 4.48. The van der Waals surface area contributed by atoms with Crippen molar-refractivity contribution in [2.75, 3.05) is 40.4 Å². The maximum Gasteiger partial charge on any atom is 0.201 e. The summed E-state index contributed by atoms with van der Waals surface area (Å²) in [5.41, 5.74) is 0.612. The van der Waals surface area contributed by atoms with Crippen LogP contribution in [0, 0.1) is 0 Å². The molecule has 1 aliphatic rings. The molecule has 0 amide bonds. The van der Waals surface area contributed by atoms with E-state index in [1.165, 1.54) is 0 Å². The van der Waals surface area contributed by atoms with E-state index in [1.807, 2.05) is 25.1 Å². The van der Waals surface area contributed by atoms with E-state index in [4.69, 9.17) is 27.9 Å². The first kappa shape index (κ1) is 14.4. The van der Waals surface area contributed by atoms with Gasteiger partial charge in [0.15, 0.2) is 0 Å². The van der Waals surface area contributed by atoms with E-state index >= 15 is 0 Å². The number of aliphatic imine (C=N–C) groups is 1. The summed E-state index contributed by atoms with van der Waals surface area (Å²) in [6, 6.07) is 5.39. The van der Waals surface area contributed by atoms with Crippen molar-refractivity contribution in [3.05, 3.63) is 28.2 Å². The van der Waals surface area contributed by atoms with E-state index in [0.717, 1.165) is 19.0 Å². The Morgan fingerprint density at radius 1 is 1.21 bits per heavy atom. The van der Waals surface area contributed by atoms with Crippen molar-refractivity contribution in [2.24, 2.45) is 4.99 Å². The highest BCUT2D eigenvalue weighted by molar-refractivity contribution is 6.38. The Morgan fingerprint density at radius 2 is 1.79 bits per heavy atom. The number of guanidine groups is 1. The fraction of sp³-hybridized carbons (Fsp3) is 0.462. The summed E-state index contributed by atoms with van der Waals surface area (Å²) >= 11 is 12.3. The van der Waals surface area contributed by atoms with Crippen LogP contribution in [-0.2, 0) is 4.74 Å². The summed E-state index contributed by atoms with van der Waals surface area (Å²) in [6.45, 7) is 3.06. The fourth-order valence-corrected chi connectivity index (χ4v) is 2.39. The second-order valence-corrected chi connectivity index (χ2v) is 5.29. The van der Waals surface area contributed by atoms with E-state index in [-0.39, 0.29) is 0 Å². The Morgan fingerprint density at radius 3 is 2.32 bits per heavy atom. The molecule has 0 saturated carbocycles. The second kappa shape index (κ2) is 6.46. The zero-order valence-electron chi connectivity index (χ0n) is 11.1. The number of hydrogen-bond acceptors (Lipinski definition) is 2. The Bertz CT molecular complexity index is 451. The number of halogens is 2. The van der Waals surface area contributed by atoms with Crippen LogP contribution in [0.3, 0.4) is 0 Å². The van der Waals surface area contributed by atoms with Crippen LogP contribution in [0.2, 0.25) is 10.0 Å². The monoisotopic (exact) mass is 301 g/mol. The maximum atomic E-state index is 6.16. The number of ether oxygens (including phenoxy) is 1. The zero-order valence-corrected chi connectivity index (χ0v) is 12.6. The molecule has 1 saturated heterocycles. The summed E-state index contributed by atoms with van der Waals surface area (Å²) in [6.07, 6.45) is 0. The van der Waals surface area contributed by atoms with E-state index < -0.39 is 0 Å². The highest BCUT2D eigenvalue weighted by atomic mass is 35.5. The van der Waals surface area contributed by atoms with Crippen molar-refractivity contribution in [1.29, 1.82) is 0 Å². The largest absolute Gasteiger partial charge is 0.378 e. The first-order valence-corrected chi connectivity index (χ1v) is 6.88. The Kier molecular flexibility index (Phi) is 4.91. The van der Waals surface area contributed by atoms with Gasteiger partial charge in [0, 0.05) is 27.2 Å². The van der Waals surface area contributed by atoms with Crippen molar-refractivity contribution in [1.82, 2.24) is 9.80 Å². The van der Waals surface area contributed by atoms with Crippen molar-refractivity contribution in [3.8, 4) is 0 Å². The SMILES string of the molecule is CN(C)C(=Nc1c(Cl)cccc1Cl)N1CCOCC1. The van der Waals surface area contributed by atoms with E-state index in [2.05, 4.69) is 9.89 Å². The predicted molar refractivity (Wildman–Crippen MR) is 79.6 cm³/mol. The van der Waals surface area contributed by atoms with Crippen LogP contribution in [0.5, 0.6) is 0 Å². The quantitative estimate of drug-likeness (QED) is 0.590. The molecule has 0 spiro atoms. The third-order valence-electron chi connectivity index (χ3n) is 2.84. The first-order chi connectivity index (χ1) is 9.09. The molecule has 0 aromatic heterocycles. The molecule has 0 unspecified atom stereocenters. The first-order valence-electron chi connectivity index (χ1n) is 6.12. The highest BCUT2D eigenvalue weighted by Crippen LogP contribution is 2.33. The van der Waals surface area contributed by atoms with Gasteiger partial charge in [-0.05, 0) is 12.1 Å². The lowest BCUT2D eigenvalue weighted by atomic mass is 10.3. The van der Waals surface area contributed by atoms with Crippen molar-refractivity contribution < 1.29 is 4.74 Å². The molecular formula is C13H17Cl2N3O. The molecule has 1 fully saturated rings. The average Bonchev–Trinajstić information content (AvgIpc) is 2.39. The number of para-hydroxylation sites is 1.